The molecule has 0 spiro atoms. The van der Waals surface area contributed by atoms with Crippen LogP contribution in [0.3, 0.4) is 0 Å². The molecule has 21 heavy (non-hydrogen) atoms. The Kier molecular flexibility index (Phi) is 5.83. The Hall–Kier alpha value is -0.420. The monoisotopic (exact) mass is 353 g/mol. The number of piperidine rings is 1. The summed E-state index contributed by atoms with van der Waals surface area (Å²) in [5, 5.41) is 0. The number of likely N-dealkylation sites (N-methyl/N-ethyl adjacent to an activating group) is 1. The van der Waals surface area contributed by atoms with Gasteiger partial charge in [0.15, 0.2) is 0 Å². The molecule has 1 saturated heterocycles. The molecule has 4 heteroatoms. The molecule has 1 heterocycles. The minimum Gasteiger partial charge on any atom is -0.329 e. The molecule has 0 aliphatic carbocycles. The van der Waals surface area contributed by atoms with E-state index in [9.17, 15) is 0 Å². The van der Waals surface area contributed by atoms with Gasteiger partial charge in [-0.05, 0) is 51.4 Å². The Morgan fingerprint density at radius 2 is 1.81 bits per heavy atom. The molecule has 0 bridgehead atoms. The molecule has 1 aliphatic heterocycles. The summed E-state index contributed by atoms with van der Waals surface area (Å²) in [6.45, 7) is 8.57. The number of rotatable bonds is 5. The average molecular weight is 354 g/mol. The molecular formula is C17H28BrN3. The minimum atomic E-state index is 0.151. The van der Waals surface area contributed by atoms with Gasteiger partial charge in [0.25, 0.3) is 0 Å². The van der Waals surface area contributed by atoms with E-state index >= 15 is 0 Å². The van der Waals surface area contributed by atoms with Crippen molar-refractivity contribution in [3.63, 3.8) is 0 Å². The average Bonchev–Trinajstić information content (AvgIpc) is 2.49. The van der Waals surface area contributed by atoms with Crippen LogP contribution >= 0.6 is 15.9 Å². The topological polar surface area (TPSA) is 32.5 Å². The van der Waals surface area contributed by atoms with E-state index in [2.05, 4.69) is 70.9 Å². The van der Waals surface area contributed by atoms with Crippen LogP contribution in [0.2, 0.25) is 0 Å². The molecule has 0 atom stereocenters. The molecule has 1 aliphatic rings. The molecule has 1 fully saturated rings. The zero-order chi connectivity index (χ0) is 15.5. The van der Waals surface area contributed by atoms with Crippen molar-refractivity contribution in [3.8, 4) is 0 Å². The van der Waals surface area contributed by atoms with E-state index in [4.69, 9.17) is 5.73 Å². The predicted octanol–water partition coefficient (Wildman–Crippen LogP) is 3.08. The van der Waals surface area contributed by atoms with Gasteiger partial charge in [0, 0.05) is 42.2 Å². The van der Waals surface area contributed by atoms with Crippen molar-refractivity contribution in [2.24, 2.45) is 5.73 Å². The summed E-state index contributed by atoms with van der Waals surface area (Å²) in [5.41, 5.74) is 7.67. The number of benzene rings is 1. The molecular weight excluding hydrogens is 326 g/mol. The second-order valence-corrected chi connectivity index (χ2v) is 7.46. The van der Waals surface area contributed by atoms with Crippen LogP contribution in [0.1, 0.15) is 32.3 Å². The van der Waals surface area contributed by atoms with E-state index in [0.717, 1.165) is 43.5 Å². The third-order valence-corrected chi connectivity index (χ3v) is 5.51. The number of nitrogens with zero attached hydrogens (tertiary/aromatic N) is 2. The van der Waals surface area contributed by atoms with E-state index in [0.29, 0.717) is 6.04 Å². The molecule has 118 valence electrons. The van der Waals surface area contributed by atoms with Crippen molar-refractivity contribution in [2.75, 3.05) is 26.7 Å². The summed E-state index contributed by atoms with van der Waals surface area (Å²) < 4.78 is 1.13. The molecule has 0 aromatic heterocycles. The first kappa shape index (κ1) is 16.9. The lowest BCUT2D eigenvalue weighted by atomic mass is 9.85. The maximum Gasteiger partial charge on any atom is 0.0356 e. The fourth-order valence-corrected chi connectivity index (χ4v) is 3.49. The SMILES string of the molecule is CC(C)N1CCC(CN)(N(C)Cc2ccc(Br)cc2)CC1. The van der Waals surface area contributed by atoms with Crippen LogP contribution in [0.15, 0.2) is 28.7 Å². The summed E-state index contributed by atoms with van der Waals surface area (Å²) in [7, 11) is 2.22. The summed E-state index contributed by atoms with van der Waals surface area (Å²) in [4.78, 5) is 5.02. The Balaban J connectivity index is 2.01. The Morgan fingerprint density at radius 1 is 1.24 bits per heavy atom. The number of nitrogens with two attached hydrogens (primary N) is 1. The Labute approximate surface area is 137 Å². The zero-order valence-corrected chi connectivity index (χ0v) is 15.1. The van der Waals surface area contributed by atoms with Crippen molar-refractivity contribution in [3.05, 3.63) is 34.3 Å². The second-order valence-electron chi connectivity index (χ2n) is 6.54. The van der Waals surface area contributed by atoms with Crippen molar-refractivity contribution in [1.82, 2.24) is 9.80 Å². The standard InChI is InChI=1S/C17H28BrN3/c1-14(2)21-10-8-17(13-19,9-11-21)20(3)12-15-4-6-16(18)7-5-15/h4-7,14H,8-13,19H2,1-3H3. The van der Waals surface area contributed by atoms with Gasteiger partial charge in [0.2, 0.25) is 0 Å². The van der Waals surface area contributed by atoms with Crippen LogP contribution in [0.5, 0.6) is 0 Å². The number of likely N-dealkylation sites (tertiary alicyclic amines) is 1. The summed E-state index contributed by atoms with van der Waals surface area (Å²) >= 11 is 3.49. The molecule has 0 radical (unpaired) electrons. The minimum absolute atomic E-state index is 0.151. The van der Waals surface area contributed by atoms with E-state index in [1.807, 2.05) is 0 Å². The Bertz CT molecular complexity index is 436. The third kappa shape index (κ3) is 4.07. The second kappa shape index (κ2) is 7.23. The van der Waals surface area contributed by atoms with Gasteiger partial charge in [-0.2, -0.15) is 0 Å². The van der Waals surface area contributed by atoms with Crippen molar-refractivity contribution < 1.29 is 0 Å². The van der Waals surface area contributed by atoms with Crippen molar-refractivity contribution >= 4 is 15.9 Å². The van der Waals surface area contributed by atoms with Crippen LogP contribution in [0.4, 0.5) is 0 Å². The number of hydrogen-bond acceptors (Lipinski definition) is 3. The largest absolute Gasteiger partial charge is 0.329 e. The fraction of sp³-hybridized carbons (Fsp3) is 0.647. The van der Waals surface area contributed by atoms with Crippen molar-refractivity contribution in [1.29, 1.82) is 0 Å². The van der Waals surface area contributed by atoms with E-state index in [-0.39, 0.29) is 5.54 Å². The zero-order valence-electron chi connectivity index (χ0n) is 13.5. The smallest absolute Gasteiger partial charge is 0.0356 e. The predicted molar refractivity (Wildman–Crippen MR) is 93.3 cm³/mol. The van der Waals surface area contributed by atoms with Crippen LogP contribution in [-0.2, 0) is 6.54 Å². The first-order chi connectivity index (χ1) is 9.97. The van der Waals surface area contributed by atoms with Gasteiger partial charge in [0.05, 0.1) is 0 Å². The molecule has 0 unspecified atom stereocenters. The van der Waals surface area contributed by atoms with Gasteiger partial charge in [0.1, 0.15) is 0 Å². The summed E-state index contributed by atoms with van der Waals surface area (Å²) in [6, 6.07) is 9.24. The van der Waals surface area contributed by atoms with E-state index in [1.54, 1.807) is 0 Å². The quantitative estimate of drug-likeness (QED) is 0.882. The van der Waals surface area contributed by atoms with Crippen LogP contribution in [0.25, 0.3) is 0 Å². The Morgan fingerprint density at radius 3 is 2.29 bits per heavy atom. The maximum absolute atomic E-state index is 6.17. The van der Waals surface area contributed by atoms with E-state index in [1.165, 1.54) is 5.56 Å². The highest BCUT2D eigenvalue weighted by atomic mass is 79.9. The fourth-order valence-electron chi connectivity index (χ4n) is 3.23. The van der Waals surface area contributed by atoms with Crippen molar-refractivity contribution in [2.45, 2.75) is 44.8 Å². The molecule has 2 rings (SSSR count). The van der Waals surface area contributed by atoms with Gasteiger partial charge in [-0.15, -0.1) is 0 Å². The molecule has 2 N–H and O–H groups in total. The van der Waals surface area contributed by atoms with Gasteiger partial charge in [-0.3, -0.25) is 4.90 Å². The van der Waals surface area contributed by atoms with Crippen LogP contribution in [-0.4, -0.2) is 48.1 Å². The lowest BCUT2D eigenvalue weighted by Gasteiger charge is -2.48. The summed E-state index contributed by atoms with van der Waals surface area (Å²) in [5.74, 6) is 0. The first-order valence-electron chi connectivity index (χ1n) is 7.87. The van der Waals surface area contributed by atoms with Gasteiger partial charge >= 0.3 is 0 Å². The molecule has 1 aromatic rings. The number of halogens is 1. The maximum atomic E-state index is 6.17. The summed E-state index contributed by atoms with van der Waals surface area (Å²) in [6.07, 6.45) is 2.32. The molecule has 1 aromatic carbocycles. The highest BCUT2D eigenvalue weighted by Gasteiger charge is 2.37. The first-order valence-corrected chi connectivity index (χ1v) is 8.66. The van der Waals surface area contributed by atoms with E-state index < -0.39 is 0 Å². The normalized spacial score (nSPS) is 19.4. The lowest BCUT2D eigenvalue weighted by molar-refractivity contribution is 0.0298. The van der Waals surface area contributed by atoms with Gasteiger partial charge < -0.3 is 10.6 Å². The number of hydrogen-bond donors (Lipinski definition) is 1. The highest BCUT2D eigenvalue weighted by Crippen LogP contribution is 2.29. The molecule has 0 amide bonds. The highest BCUT2D eigenvalue weighted by molar-refractivity contribution is 9.10. The van der Waals surface area contributed by atoms with Gasteiger partial charge in [-0.25, -0.2) is 0 Å². The van der Waals surface area contributed by atoms with Crippen LogP contribution in [0, 0.1) is 0 Å². The third-order valence-electron chi connectivity index (χ3n) is 4.98. The lowest BCUT2D eigenvalue weighted by Crippen LogP contribution is -2.58. The van der Waals surface area contributed by atoms with Gasteiger partial charge in [-0.1, -0.05) is 28.1 Å². The van der Waals surface area contributed by atoms with Crippen LogP contribution < -0.4 is 5.73 Å². The molecule has 3 nitrogen and oxygen atoms in total. The molecule has 0 saturated carbocycles.